The van der Waals surface area contributed by atoms with Crippen LogP contribution in [0.5, 0.6) is 0 Å². The van der Waals surface area contributed by atoms with Crippen molar-refractivity contribution in [1.29, 1.82) is 0 Å². The lowest BCUT2D eigenvalue weighted by Gasteiger charge is -2.11. The third-order valence-corrected chi connectivity index (χ3v) is 1.49. The van der Waals surface area contributed by atoms with Gasteiger partial charge in [0.2, 0.25) is 0 Å². The molecule has 0 bridgehead atoms. The van der Waals surface area contributed by atoms with Crippen molar-refractivity contribution >= 4 is 11.9 Å². The molecule has 2 atom stereocenters. The van der Waals surface area contributed by atoms with Crippen molar-refractivity contribution in [3.63, 3.8) is 0 Å². The lowest BCUT2D eigenvalue weighted by Crippen LogP contribution is -2.28. The highest BCUT2D eigenvalue weighted by Crippen LogP contribution is 2.01. The molecule has 0 aliphatic heterocycles. The van der Waals surface area contributed by atoms with Crippen molar-refractivity contribution in [1.82, 2.24) is 0 Å². The van der Waals surface area contributed by atoms with Crippen molar-refractivity contribution in [2.24, 2.45) is 0 Å². The number of aliphatic carboxylic acids is 2. The molecule has 3 N–H and O–H groups in total. The van der Waals surface area contributed by atoms with E-state index < -0.39 is 30.6 Å². The third kappa shape index (κ3) is 6.38. The minimum atomic E-state index is -1.34. The van der Waals surface area contributed by atoms with Crippen molar-refractivity contribution in [2.75, 3.05) is 6.61 Å². The first kappa shape index (κ1) is 12.9. The molecule has 0 heterocycles. The predicted molar refractivity (Wildman–Crippen MR) is 45.9 cm³/mol. The minimum Gasteiger partial charge on any atom is -0.481 e. The normalized spacial score (nSPS) is 14.7. The standard InChI is InChI=1S/C8H14O6/c1-5(9)2-3-14-6(8(12)13)4-7(10)11/h5-6,9H,2-4H2,1H3,(H,10,11)(H,12,13). The van der Waals surface area contributed by atoms with E-state index in [0.717, 1.165) is 0 Å². The molecule has 0 aromatic rings. The maximum absolute atomic E-state index is 10.5. The van der Waals surface area contributed by atoms with E-state index >= 15 is 0 Å². The van der Waals surface area contributed by atoms with Gasteiger partial charge < -0.3 is 20.1 Å². The summed E-state index contributed by atoms with van der Waals surface area (Å²) in [5, 5.41) is 25.7. The maximum Gasteiger partial charge on any atom is 0.333 e. The number of aliphatic hydroxyl groups is 1. The lowest BCUT2D eigenvalue weighted by molar-refractivity contribution is -0.157. The number of ether oxygens (including phenoxy) is 1. The van der Waals surface area contributed by atoms with E-state index in [1.165, 1.54) is 6.92 Å². The maximum atomic E-state index is 10.5. The molecule has 0 radical (unpaired) electrons. The van der Waals surface area contributed by atoms with Gasteiger partial charge in [-0.1, -0.05) is 0 Å². The molecule has 6 heteroatoms. The fraction of sp³-hybridized carbons (Fsp3) is 0.750. The number of hydrogen-bond acceptors (Lipinski definition) is 4. The Morgan fingerprint density at radius 3 is 2.29 bits per heavy atom. The number of carbonyl (C=O) groups is 2. The summed E-state index contributed by atoms with van der Waals surface area (Å²) in [5.41, 5.74) is 0. The van der Waals surface area contributed by atoms with Crippen LogP contribution in [0.25, 0.3) is 0 Å². The van der Waals surface area contributed by atoms with Crippen LogP contribution in [0, 0.1) is 0 Å². The van der Waals surface area contributed by atoms with Crippen LogP contribution < -0.4 is 0 Å². The van der Waals surface area contributed by atoms with Gasteiger partial charge in [-0.3, -0.25) is 4.79 Å². The quantitative estimate of drug-likeness (QED) is 0.528. The van der Waals surface area contributed by atoms with Gasteiger partial charge in [-0.25, -0.2) is 4.79 Å². The molecule has 6 nitrogen and oxygen atoms in total. The van der Waals surface area contributed by atoms with Gasteiger partial charge in [0.15, 0.2) is 6.10 Å². The molecule has 82 valence electrons. The van der Waals surface area contributed by atoms with Crippen LogP contribution in [0.1, 0.15) is 19.8 Å². The summed E-state index contributed by atoms with van der Waals surface area (Å²) in [5.74, 6) is -2.53. The molecule has 0 saturated carbocycles. The van der Waals surface area contributed by atoms with Gasteiger partial charge >= 0.3 is 11.9 Å². The van der Waals surface area contributed by atoms with Gasteiger partial charge in [-0.05, 0) is 13.3 Å². The Bertz CT molecular complexity index is 200. The molecule has 0 spiro atoms. The van der Waals surface area contributed by atoms with Gasteiger partial charge in [-0.2, -0.15) is 0 Å². The van der Waals surface area contributed by atoms with E-state index in [1.54, 1.807) is 0 Å². The number of rotatable bonds is 7. The van der Waals surface area contributed by atoms with Crippen LogP contribution in [0.2, 0.25) is 0 Å². The Kier molecular flexibility index (Phi) is 5.82. The molecule has 0 aromatic carbocycles. The first-order valence-electron chi connectivity index (χ1n) is 4.17. The number of carboxylic acid groups (broad SMARTS) is 2. The molecular weight excluding hydrogens is 192 g/mol. The third-order valence-electron chi connectivity index (χ3n) is 1.49. The first-order valence-corrected chi connectivity index (χ1v) is 4.17. The largest absolute Gasteiger partial charge is 0.481 e. The van der Waals surface area contributed by atoms with Gasteiger partial charge in [0.05, 0.1) is 19.1 Å². The highest BCUT2D eigenvalue weighted by Gasteiger charge is 2.21. The summed E-state index contributed by atoms with van der Waals surface area (Å²) in [7, 11) is 0. The van der Waals surface area contributed by atoms with Gasteiger partial charge in [-0.15, -0.1) is 0 Å². The summed E-state index contributed by atoms with van der Waals surface area (Å²) < 4.78 is 4.78. The van der Waals surface area contributed by atoms with Gasteiger partial charge in [0.1, 0.15) is 0 Å². The number of hydrogen-bond donors (Lipinski definition) is 3. The smallest absolute Gasteiger partial charge is 0.333 e. The Morgan fingerprint density at radius 2 is 1.93 bits per heavy atom. The van der Waals surface area contributed by atoms with E-state index in [1.807, 2.05) is 0 Å². The topological polar surface area (TPSA) is 104 Å². The Morgan fingerprint density at radius 1 is 1.36 bits per heavy atom. The van der Waals surface area contributed by atoms with E-state index in [0.29, 0.717) is 0 Å². The molecule has 0 saturated heterocycles. The summed E-state index contributed by atoms with van der Waals surface area (Å²) in [6, 6.07) is 0. The van der Waals surface area contributed by atoms with Crippen LogP contribution in [-0.2, 0) is 14.3 Å². The van der Waals surface area contributed by atoms with Crippen LogP contribution >= 0.6 is 0 Å². The molecule has 0 rings (SSSR count). The Hall–Kier alpha value is -1.14. The number of aliphatic hydroxyl groups excluding tert-OH is 1. The molecule has 2 unspecified atom stereocenters. The highest BCUT2D eigenvalue weighted by molar-refractivity contribution is 5.79. The molecule has 0 aromatic heterocycles. The van der Waals surface area contributed by atoms with Crippen LogP contribution in [0.3, 0.4) is 0 Å². The molecule has 0 aliphatic rings. The number of carboxylic acids is 2. The summed E-state index contributed by atoms with van der Waals surface area (Å²) in [6.45, 7) is 1.57. The van der Waals surface area contributed by atoms with Crippen molar-refractivity contribution in [3.05, 3.63) is 0 Å². The second-order valence-electron chi connectivity index (χ2n) is 2.93. The zero-order valence-electron chi connectivity index (χ0n) is 7.84. The van der Waals surface area contributed by atoms with Crippen molar-refractivity contribution in [2.45, 2.75) is 32.0 Å². The molecular formula is C8H14O6. The molecule has 0 amide bonds. The second kappa shape index (κ2) is 6.33. The SMILES string of the molecule is CC(O)CCOC(CC(=O)O)C(=O)O. The highest BCUT2D eigenvalue weighted by atomic mass is 16.5. The monoisotopic (exact) mass is 206 g/mol. The second-order valence-corrected chi connectivity index (χ2v) is 2.93. The Labute approximate surface area is 81.1 Å². The zero-order valence-corrected chi connectivity index (χ0v) is 7.84. The van der Waals surface area contributed by atoms with Gasteiger partial charge in [0, 0.05) is 0 Å². The van der Waals surface area contributed by atoms with Crippen LogP contribution in [0.15, 0.2) is 0 Å². The minimum absolute atomic E-state index is 0.0297. The van der Waals surface area contributed by atoms with E-state index in [9.17, 15) is 9.59 Å². The van der Waals surface area contributed by atoms with E-state index in [4.69, 9.17) is 20.1 Å². The summed E-state index contributed by atoms with van der Waals surface area (Å²) in [6.07, 6.45) is -2.22. The molecule has 0 fully saturated rings. The average Bonchev–Trinajstić information content (AvgIpc) is 2.00. The average molecular weight is 206 g/mol. The molecule has 0 aliphatic carbocycles. The van der Waals surface area contributed by atoms with E-state index in [2.05, 4.69) is 0 Å². The predicted octanol–water partition coefficient (Wildman–Crippen LogP) is -0.298. The van der Waals surface area contributed by atoms with Crippen molar-refractivity contribution < 1.29 is 29.6 Å². The van der Waals surface area contributed by atoms with Gasteiger partial charge in [0.25, 0.3) is 0 Å². The van der Waals surface area contributed by atoms with Crippen LogP contribution in [-0.4, -0.2) is 46.1 Å². The zero-order chi connectivity index (χ0) is 11.1. The Balaban J connectivity index is 3.86. The van der Waals surface area contributed by atoms with E-state index in [-0.39, 0.29) is 13.0 Å². The van der Waals surface area contributed by atoms with Crippen LogP contribution in [0.4, 0.5) is 0 Å². The lowest BCUT2D eigenvalue weighted by atomic mass is 10.2. The fourth-order valence-corrected chi connectivity index (χ4v) is 0.757. The van der Waals surface area contributed by atoms with Crippen molar-refractivity contribution in [3.8, 4) is 0 Å². The summed E-state index contributed by atoms with van der Waals surface area (Å²) >= 11 is 0. The fourth-order valence-electron chi connectivity index (χ4n) is 0.757. The first-order chi connectivity index (χ1) is 6.43. The summed E-state index contributed by atoms with van der Waals surface area (Å²) in [4.78, 5) is 20.7. The molecule has 14 heavy (non-hydrogen) atoms.